The molecule has 1 aromatic heterocycles. The number of nitrogens with zero attached hydrogens (tertiary/aromatic N) is 5. The quantitative estimate of drug-likeness (QED) is 0.623. The summed E-state index contributed by atoms with van der Waals surface area (Å²) in [6.45, 7) is 7.40. The van der Waals surface area contributed by atoms with Crippen molar-refractivity contribution in [3.8, 4) is 0 Å². The molecule has 11 heteroatoms. The van der Waals surface area contributed by atoms with Gasteiger partial charge in [0.2, 0.25) is 15.9 Å². The fourth-order valence-corrected chi connectivity index (χ4v) is 5.47. The Morgan fingerprint density at radius 3 is 2.22 bits per heavy atom. The lowest BCUT2D eigenvalue weighted by Crippen LogP contribution is -2.54. The molecule has 0 aliphatic carbocycles. The maximum absolute atomic E-state index is 13.1. The van der Waals surface area contributed by atoms with E-state index in [1.54, 1.807) is 4.90 Å². The Morgan fingerprint density at radius 1 is 1.00 bits per heavy atom. The maximum Gasteiger partial charge on any atom is 0.243 e. The van der Waals surface area contributed by atoms with Gasteiger partial charge in [0.25, 0.3) is 0 Å². The highest BCUT2D eigenvalue weighted by atomic mass is 32.2. The van der Waals surface area contributed by atoms with Gasteiger partial charge in [0.15, 0.2) is 0 Å². The monoisotopic (exact) mass is 465 g/mol. The Bertz CT molecular complexity index is 1030. The molecule has 32 heavy (non-hydrogen) atoms. The molecule has 2 fully saturated rings. The van der Waals surface area contributed by atoms with E-state index in [1.807, 2.05) is 13.0 Å². The predicted molar refractivity (Wildman–Crippen MR) is 115 cm³/mol. The Balaban J connectivity index is 1.22. The van der Waals surface area contributed by atoms with Gasteiger partial charge < -0.3 is 9.42 Å². The molecule has 1 aromatic carbocycles. The highest BCUT2D eigenvalue weighted by Crippen LogP contribution is 2.18. The van der Waals surface area contributed by atoms with E-state index in [4.69, 9.17) is 4.52 Å². The first kappa shape index (κ1) is 22.8. The topological polar surface area (TPSA) is 90.2 Å². The second-order valence-electron chi connectivity index (χ2n) is 8.22. The summed E-state index contributed by atoms with van der Waals surface area (Å²) in [4.78, 5) is 19.0. The largest absolute Gasteiger partial charge is 0.361 e. The van der Waals surface area contributed by atoms with Crippen LogP contribution in [0.3, 0.4) is 0 Å². The van der Waals surface area contributed by atoms with E-state index in [0.717, 1.165) is 56.3 Å². The number of hydrogen-bond donors (Lipinski definition) is 0. The lowest BCUT2D eigenvalue weighted by molar-refractivity contribution is -0.134. The van der Waals surface area contributed by atoms with Gasteiger partial charge in [-0.3, -0.25) is 14.6 Å². The standard InChI is InChI=1S/C21H28FN5O4S/c1-17-14-19(23-31-17)15-24-6-8-25(9-7-24)16-21(28)26-10-12-27(13-11-26)32(29,30)20-4-2-18(22)3-5-20/h2-5,14H,6-13,15-16H2,1H3. The van der Waals surface area contributed by atoms with E-state index in [1.165, 1.54) is 16.4 Å². The SMILES string of the molecule is Cc1cc(CN2CCN(CC(=O)N3CCN(S(=O)(=O)c4ccc(F)cc4)CC3)CC2)no1. The van der Waals surface area contributed by atoms with Gasteiger partial charge in [-0.15, -0.1) is 0 Å². The van der Waals surface area contributed by atoms with Gasteiger partial charge in [0, 0.05) is 65.0 Å². The van der Waals surface area contributed by atoms with Gasteiger partial charge in [0.1, 0.15) is 11.6 Å². The summed E-state index contributed by atoms with van der Waals surface area (Å²) < 4.78 is 45.0. The number of piperazine rings is 2. The van der Waals surface area contributed by atoms with Crippen molar-refractivity contribution in [1.29, 1.82) is 0 Å². The van der Waals surface area contributed by atoms with Crippen molar-refractivity contribution in [3.05, 3.63) is 47.6 Å². The van der Waals surface area contributed by atoms with Crippen LogP contribution in [0.15, 0.2) is 39.8 Å². The molecule has 0 bridgehead atoms. The van der Waals surface area contributed by atoms with Gasteiger partial charge in [0.05, 0.1) is 17.1 Å². The number of benzene rings is 1. The number of aryl methyl sites for hydroxylation is 1. The zero-order valence-corrected chi connectivity index (χ0v) is 18.9. The van der Waals surface area contributed by atoms with Crippen LogP contribution in [0.1, 0.15) is 11.5 Å². The highest BCUT2D eigenvalue weighted by molar-refractivity contribution is 7.89. The molecule has 0 saturated carbocycles. The second kappa shape index (κ2) is 9.65. The van der Waals surface area contributed by atoms with Gasteiger partial charge >= 0.3 is 0 Å². The highest BCUT2D eigenvalue weighted by Gasteiger charge is 2.31. The van der Waals surface area contributed by atoms with E-state index in [0.29, 0.717) is 19.6 Å². The molecule has 3 heterocycles. The number of halogens is 1. The Labute approximate surface area is 187 Å². The molecular weight excluding hydrogens is 437 g/mol. The van der Waals surface area contributed by atoms with Crippen LogP contribution in [0.4, 0.5) is 4.39 Å². The molecule has 0 spiro atoms. The number of carbonyl (C=O) groups excluding carboxylic acids is 1. The Hall–Kier alpha value is -2.34. The van der Waals surface area contributed by atoms with Crippen molar-refractivity contribution in [1.82, 2.24) is 24.2 Å². The summed E-state index contributed by atoms with van der Waals surface area (Å²) in [5, 5.41) is 4.03. The molecule has 174 valence electrons. The molecule has 2 aliphatic rings. The average Bonchev–Trinajstić information content (AvgIpc) is 3.20. The number of rotatable bonds is 6. The number of aromatic nitrogens is 1. The van der Waals surface area contributed by atoms with Crippen molar-refractivity contribution in [2.75, 3.05) is 58.9 Å². The van der Waals surface area contributed by atoms with Crippen LogP contribution in [0.5, 0.6) is 0 Å². The predicted octanol–water partition coefficient (Wildman–Crippen LogP) is 0.773. The zero-order valence-electron chi connectivity index (χ0n) is 18.1. The van der Waals surface area contributed by atoms with Gasteiger partial charge in [-0.25, -0.2) is 12.8 Å². The molecule has 2 saturated heterocycles. The van der Waals surface area contributed by atoms with E-state index in [2.05, 4.69) is 15.0 Å². The van der Waals surface area contributed by atoms with Gasteiger partial charge in [-0.05, 0) is 31.2 Å². The minimum atomic E-state index is -3.68. The summed E-state index contributed by atoms with van der Waals surface area (Å²) in [6, 6.07) is 6.75. The molecule has 2 aliphatic heterocycles. The molecule has 0 atom stereocenters. The third kappa shape index (κ3) is 5.34. The maximum atomic E-state index is 13.1. The Morgan fingerprint density at radius 2 is 1.62 bits per heavy atom. The van der Waals surface area contributed by atoms with Crippen LogP contribution in [-0.2, 0) is 21.4 Å². The van der Waals surface area contributed by atoms with Gasteiger partial charge in [-0.2, -0.15) is 4.31 Å². The van der Waals surface area contributed by atoms with Crippen molar-refractivity contribution < 1.29 is 22.1 Å². The van der Waals surface area contributed by atoms with E-state index < -0.39 is 15.8 Å². The normalized spacial score (nSPS) is 19.4. The minimum Gasteiger partial charge on any atom is -0.361 e. The fourth-order valence-electron chi connectivity index (χ4n) is 4.05. The molecular formula is C21H28FN5O4S. The summed E-state index contributed by atoms with van der Waals surface area (Å²) in [5.74, 6) is 0.340. The zero-order chi connectivity index (χ0) is 22.7. The summed E-state index contributed by atoms with van der Waals surface area (Å²) in [5.41, 5.74) is 0.917. The van der Waals surface area contributed by atoms with Crippen LogP contribution < -0.4 is 0 Å². The molecule has 0 unspecified atom stereocenters. The first-order valence-electron chi connectivity index (χ1n) is 10.7. The third-order valence-electron chi connectivity index (χ3n) is 5.93. The molecule has 9 nitrogen and oxygen atoms in total. The van der Waals surface area contributed by atoms with Crippen LogP contribution in [0.2, 0.25) is 0 Å². The molecule has 4 rings (SSSR count). The second-order valence-corrected chi connectivity index (χ2v) is 10.2. The number of sulfonamides is 1. The van der Waals surface area contributed by atoms with Crippen LogP contribution in [0.25, 0.3) is 0 Å². The number of hydrogen-bond acceptors (Lipinski definition) is 7. The number of amides is 1. The first-order valence-corrected chi connectivity index (χ1v) is 12.2. The van der Waals surface area contributed by atoms with Gasteiger partial charge in [-0.1, -0.05) is 5.16 Å². The van der Waals surface area contributed by atoms with Crippen molar-refractivity contribution in [3.63, 3.8) is 0 Å². The Kier molecular flexibility index (Phi) is 6.89. The fraction of sp³-hybridized carbons (Fsp3) is 0.524. The molecule has 2 aromatic rings. The number of carbonyl (C=O) groups is 1. The van der Waals surface area contributed by atoms with E-state index in [-0.39, 0.29) is 23.9 Å². The summed E-state index contributed by atoms with van der Waals surface area (Å²) >= 11 is 0. The summed E-state index contributed by atoms with van der Waals surface area (Å²) in [7, 11) is -3.68. The lowest BCUT2D eigenvalue weighted by atomic mass is 10.2. The van der Waals surface area contributed by atoms with Crippen molar-refractivity contribution in [2.45, 2.75) is 18.4 Å². The van der Waals surface area contributed by atoms with Crippen LogP contribution in [0, 0.1) is 12.7 Å². The van der Waals surface area contributed by atoms with Crippen molar-refractivity contribution >= 4 is 15.9 Å². The van der Waals surface area contributed by atoms with E-state index >= 15 is 0 Å². The van der Waals surface area contributed by atoms with Crippen LogP contribution >= 0.6 is 0 Å². The molecule has 0 N–H and O–H groups in total. The molecule has 0 radical (unpaired) electrons. The average molecular weight is 466 g/mol. The third-order valence-corrected chi connectivity index (χ3v) is 7.84. The summed E-state index contributed by atoms with van der Waals surface area (Å²) in [6.07, 6.45) is 0. The first-order chi connectivity index (χ1) is 15.3. The smallest absolute Gasteiger partial charge is 0.243 e. The minimum absolute atomic E-state index is 0.0180. The van der Waals surface area contributed by atoms with E-state index in [9.17, 15) is 17.6 Å². The van der Waals surface area contributed by atoms with Crippen LogP contribution in [-0.4, -0.2) is 97.4 Å². The molecule has 1 amide bonds. The van der Waals surface area contributed by atoms with Crippen molar-refractivity contribution in [2.24, 2.45) is 0 Å². The lowest BCUT2D eigenvalue weighted by Gasteiger charge is -2.37.